The Morgan fingerprint density at radius 3 is 2.50 bits per heavy atom. The highest BCUT2D eigenvalue weighted by Crippen LogP contribution is 2.34. The van der Waals surface area contributed by atoms with Crippen LogP contribution in [0.25, 0.3) is 0 Å². The molecule has 0 radical (unpaired) electrons. The van der Waals surface area contributed by atoms with Crippen molar-refractivity contribution < 1.29 is 18.1 Å². The molecule has 0 aromatic heterocycles. The molecule has 4 nitrogen and oxygen atoms in total. The minimum Gasteiger partial charge on any atom is -0.396 e. The maximum Gasteiger partial charge on any atom is 0.261 e. The molecule has 1 aromatic rings. The molecule has 2 rings (SSSR count). The number of aliphatic hydroxyl groups is 1. The van der Waals surface area contributed by atoms with Gasteiger partial charge in [-0.05, 0) is 24.5 Å². The average molecular weight is 244 g/mol. The van der Waals surface area contributed by atoms with Crippen LogP contribution < -0.4 is 0 Å². The maximum absolute atomic E-state index is 9.19. The van der Waals surface area contributed by atoms with Crippen LogP contribution in [0.4, 0.5) is 0 Å². The molecule has 1 unspecified atom stereocenters. The van der Waals surface area contributed by atoms with E-state index < -0.39 is 10.1 Å². The Kier molecular flexibility index (Phi) is 4.07. The average Bonchev–Trinajstić information content (AvgIpc) is 2.08. The molecule has 16 heavy (non-hydrogen) atoms. The number of rotatable bonds is 1. The lowest BCUT2D eigenvalue weighted by atomic mass is 9.77. The van der Waals surface area contributed by atoms with E-state index in [2.05, 4.69) is 25.1 Å². The lowest BCUT2D eigenvalue weighted by Gasteiger charge is -2.28. The summed E-state index contributed by atoms with van der Waals surface area (Å²) in [7, 11) is -3.67. The van der Waals surface area contributed by atoms with Gasteiger partial charge in [-0.2, -0.15) is 8.42 Å². The summed E-state index contributed by atoms with van der Waals surface area (Å²) in [5, 5.41) is 8.92. The van der Waals surface area contributed by atoms with Gasteiger partial charge in [-0.25, -0.2) is 0 Å². The summed E-state index contributed by atoms with van der Waals surface area (Å²) in [6, 6.07) is 6.48. The fraction of sp³-hybridized carbons (Fsp3) is 0.455. The number of benzene rings is 1. The van der Waals surface area contributed by atoms with Crippen molar-refractivity contribution in [1.29, 1.82) is 0 Å². The lowest BCUT2D eigenvalue weighted by Crippen LogP contribution is -2.20. The van der Waals surface area contributed by atoms with Gasteiger partial charge >= 0.3 is 0 Å². The number of aliphatic hydroxyl groups excluding tert-OH is 1. The summed E-state index contributed by atoms with van der Waals surface area (Å²) in [5.74, 6) is 0.421. The molecule has 0 heterocycles. The quantitative estimate of drug-likeness (QED) is 0.726. The van der Waals surface area contributed by atoms with Gasteiger partial charge in [0.2, 0.25) is 0 Å². The smallest absolute Gasteiger partial charge is 0.261 e. The second-order valence-corrected chi connectivity index (χ2v) is 5.48. The lowest BCUT2D eigenvalue weighted by molar-refractivity contribution is 0.253. The topological polar surface area (TPSA) is 74.6 Å². The molecule has 0 amide bonds. The van der Waals surface area contributed by atoms with Gasteiger partial charge in [-0.15, -0.1) is 0 Å². The van der Waals surface area contributed by atoms with Gasteiger partial charge in [0.05, 0.1) is 12.9 Å². The molecule has 1 aromatic carbocycles. The highest BCUT2D eigenvalue weighted by molar-refractivity contribution is 7.85. The molecule has 0 saturated heterocycles. The summed E-state index contributed by atoms with van der Waals surface area (Å²) in [5.41, 5.74) is 4.06. The fourth-order valence-corrected chi connectivity index (χ4v) is 1.69. The van der Waals surface area contributed by atoms with E-state index in [1.54, 1.807) is 0 Å². The van der Waals surface area contributed by atoms with Crippen LogP contribution in [0, 0.1) is 6.92 Å². The van der Waals surface area contributed by atoms with E-state index in [1.807, 2.05) is 0 Å². The first kappa shape index (κ1) is 13.2. The highest BCUT2D eigenvalue weighted by atomic mass is 32.2. The second kappa shape index (κ2) is 4.95. The third-order valence-corrected chi connectivity index (χ3v) is 2.43. The van der Waals surface area contributed by atoms with Crippen molar-refractivity contribution in [2.75, 3.05) is 12.9 Å². The zero-order chi connectivity index (χ0) is 12.3. The third kappa shape index (κ3) is 3.92. The Morgan fingerprint density at radius 1 is 1.44 bits per heavy atom. The van der Waals surface area contributed by atoms with Crippen LogP contribution in [-0.2, 0) is 16.5 Å². The van der Waals surface area contributed by atoms with Crippen molar-refractivity contribution in [1.82, 2.24) is 0 Å². The van der Waals surface area contributed by atoms with Crippen LogP contribution in [0.5, 0.6) is 0 Å². The third-order valence-electron chi connectivity index (χ3n) is 2.43. The fourth-order valence-electron chi connectivity index (χ4n) is 1.69. The SMILES string of the molecule is CS(=O)(=O)O.Cc1ccc2c(c1)C(CO)C2. The van der Waals surface area contributed by atoms with E-state index in [0.29, 0.717) is 18.8 Å². The van der Waals surface area contributed by atoms with Crippen molar-refractivity contribution in [3.05, 3.63) is 34.9 Å². The van der Waals surface area contributed by atoms with Gasteiger partial charge in [0.25, 0.3) is 10.1 Å². The number of fused-ring (bicyclic) bond motifs is 1. The highest BCUT2D eigenvalue weighted by Gasteiger charge is 2.24. The van der Waals surface area contributed by atoms with Crippen molar-refractivity contribution in [2.24, 2.45) is 0 Å². The predicted molar refractivity (Wildman–Crippen MR) is 62.2 cm³/mol. The summed E-state index contributed by atoms with van der Waals surface area (Å²) >= 11 is 0. The first-order valence-electron chi connectivity index (χ1n) is 4.94. The molecular formula is C11H16O4S. The zero-order valence-corrected chi connectivity index (χ0v) is 10.2. The maximum atomic E-state index is 9.19. The molecule has 90 valence electrons. The van der Waals surface area contributed by atoms with Crippen LogP contribution in [0.3, 0.4) is 0 Å². The van der Waals surface area contributed by atoms with Gasteiger partial charge in [-0.3, -0.25) is 4.55 Å². The molecule has 1 atom stereocenters. The van der Waals surface area contributed by atoms with Crippen molar-refractivity contribution in [3.63, 3.8) is 0 Å². The van der Waals surface area contributed by atoms with Crippen LogP contribution in [0.1, 0.15) is 22.6 Å². The Morgan fingerprint density at radius 2 is 2.00 bits per heavy atom. The Hall–Kier alpha value is -0.910. The summed E-state index contributed by atoms with van der Waals surface area (Å²) in [6.45, 7) is 2.39. The zero-order valence-electron chi connectivity index (χ0n) is 9.34. The van der Waals surface area contributed by atoms with Gasteiger partial charge in [-0.1, -0.05) is 23.8 Å². The van der Waals surface area contributed by atoms with Crippen LogP contribution in [0.2, 0.25) is 0 Å². The van der Waals surface area contributed by atoms with Crippen LogP contribution >= 0.6 is 0 Å². The van der Waals surface area contributed by atoms with Gasteiger partial charge in [0.15, 0.2) is 0 Å². The Labute approximate surface area is 95.7 Å². The Bertz CT molecular complexity index is 457. The van der Waals surface area contributed by atoms with E-state index in [0.717, 1.165) is 6.42 Å². The molecule has 2 N–H and O–H groups in total. The summed E-state index contributed by atoms with van der Waals surface area (Å²) in [4.78, 5) is 0. The molecule has 1 aliphatic rings. The van der Waals surface area contributed by atoms with E-state index in [4.69, 9.17) is 9.66 Å². The minimum absolute atomic E-state index is 0.302. The van der Waals surface area contributed by atoms with Crippen molar-refractivity contribution in [2.45, 2.75) is 19.3 Å². The Balaban J connectivity index is 0.000000221. The van der Waals surface area contributed by atoms with Crippen LogP contribution in [0.15, 0.2) is 18.2 Å². The molecule has 0 bridgehead atoms. The monoisotopic (exact) mass is 244 g/mol. The predicted octanol–water partition coefficient (Wildman–Crippen LogP) is 1.13. The van der Waals surface area contributed by atoms with E-state index in [-0.39, 0.29) is 0 Å². The molecule has 0 spiro atoms. The number of hydrogen-bond donors (Lipinski definition) is 2. The van der Waals surface area contributed by atoms with E-state index in [1.165, 1.54) is 16.7 Å². The van der Waals surface area contributed by atoms with Crippen molar-refractivity contribution >= 4 is 10.1 Å². The summed E-state index contributed by atoms with van der Waals surface area (Å²) in [6.07, 6.45) is 1.78. The van der Waals surface area contributed by atoms with Crippen LogP contribution in [-0.4, -0.2) is 30.9 Å². The molecular weight excluding hydrogens is 228 g/mol. The summed E-state index contributed by atoms with van der Waals surface area (Å²) < 4.78 is 25.9. The number of aryl methyl sites for hydroxylation is 1. The van der Waals surface area contributed by atoms with Gasteiger partial charge in [0.1, 0.15) is 0 Å². The molecule has 0 saturated carbocycles. The molecule has 1 aliphatic carbocycles. The largest absolute Gasteiger partial charge is 0.396 e. The van der Waals surface area contributed by atoms with Gasteiger partial charge in [0, 0.05) is 5.92 Å². The van der Waals surface area contributed by atoms with E-state index >= 15 is 0 Å². The van der Waals surface area contributed by atoms with Crippen molar-refractivity contribution in [3.8, 4) is 0 Å². The standard InChI is InChI=1S/C10H12O.CH4O3S/c1-7-2-3-8-5-9(6-11)10(8)4-7;1-5(2,3)4/h2-4,9,11H,5-6H2,1H3;1H3,(H,2,3,4). The molecule has 0 aliphatic heterocycles. The van der Waals surface area contributed by atoms with Gasteiger partial charge < -0.3 is 5.11 Å². The normalized spacial score (nSPS) is 17.9. The first-order chi connectivity index (χ1) is 7.31. The first-order valence-corrected chi connectivity index (χ1v) is 6.79. The molecule has 5 heteroatoms. The minimum atomic E-state index is -3.67. The van der Waals surface area contributed by atoms with E-state index in [9.17, 15) is 8.42 Å². The molecule has 0 fully saturated rings. The second-order valence-electron chi connectivity index (χ2n) is 4.02. The number of hydrogen-bond acceptors (Lipinski definition) is 3.